The summed E-state index contributed by atoms with van der Waals surface area (Å²) in [5, 5.41) is 0. The first-order valence-electron chi connectivity index (χ1n) is 3.39. The first kappa shape index (κ1) is 10.7. The van der Waals surface area contributed by atoms with Crippen LogP contribution in [-0.4, -0.2) is 5.96 Å². The van der Waals surface area contributed by atoms with E-state index in [1.54, 1.807) is 0 Å². The highest BCUT2D eigenvalue weighted by atomic mass is 127. The molecule has 0 spiro atoms. The lowest BCUT2D eigenvalue weighted by Crippen LogP contribution is -2.36. The summed E-state index contributed by atoms with van der Waals surface area (Å²) in [5.41, 5.74) is 8.43. The average Bonchev–Trinajstić information content (AvgIpc) is 2.11. The maximum Gasteiger partial charge on any atom is 0.208 e. The zero-order valence-corrected chi connectivity index (χ0v) is 10.3. The average molecular weight is 355 g/mol. The predicted molar refractivity (Wildman–Crippen MR) is 65.5 cm³/mol. The van der Waals surface area contributed by atoms with E-state index in [-0.39, 0.29) is 5.96 Å². The van der Waals surface area contributed by atoms with Crippen LogP contribution in [0.3, 0.4) is 0 Å². The van der Waals surface area contributed by atoms with Crippen LogP contribution in [0.1, 0.15) is 0 Å². The number of rotatable bonds is 1. The van der Waals surface area contributed by atoms with Crippen LogP contribution in [0, 0.1) is 3.57 Å². The van der Waals surface area contributed by atoms with Gasteiger partial charge in [-0.05, 0) is 56.7 Å². The molecule has 0 aromatic heterocycles. The van der Waals surface area contributed by atoms with E-state index in [2.05, 4.69) is 48.9 Å². The number of nitrogens with one attached hydrogen (secondary N) is 1. The molecule has 13 heavy (non-hydrogen) atoms. The van der Waals surface area contributed by atoms with Gasteiger partial charge in [-0.1, -0.05) is 0 Å². The van der Waals surface area contributed by atoms with Crippen molar-refractivity contribution in [1.82, 2.24) is 5.43 Å². The third-order valence-corrected chi connectivity index (χ3v) is 2.64. The Labute approximate surface area is 98.0 Å². The van der Waals surface area contributed by atoms with E-state index >= 15 is 0 Å². The van der Waals surface area contributed by atoms with E-state index in [4.69, 9.17) is 11.6 Å². The number of nitrogens with two attached hydrogens (primary N) is 2. The summed E-state index contributed by atoms with van der Waals surface area (Å²) in [7, 11) is 0. The van der Waals surface area contributed by atoms with Crippen molar-refractivity contribution in [3.8, 4) is 0 Å². The van der Waals surface area contributed by atoms with Gasteiger partial charge in [0.25, 0.3) is 0 Å². The Hall–Kier alpha value is -0.340. The van der Waals surface area contributed by atoms with Crippen molar-refractivity contribution in [1.29, 1.82) is 0 Å². The van der Waals surface area contributed by atoms with Crippen molar-refractivity contribution in [3.05, 3.63) is 26.2 Å². The summed E-state index contributed by atoms with van der Waals surface area (Å²) >= 11 is 5.55. The largest absolute Gasteiger partial charge is 0.369 e. The lowest BCUT2D eigenvalue weighted by atomic mass is 10.3. The van der Waals surface area contributed by atoms with E-state index in [1.807, 2.05) is 18.2 Å². The number of nitrogens with zero attached hydrogens (tertiary/aromatic N) is 1. The van der Waals surface area contributed by atoms with Crippen molar-refractivity contribution in [3.63, 3.8) is 0 Å². The first-order chi connectivity index (χ1) is 6.13. The van der Waals surface area contributed by atoms with Gasteiger partial charge in [-0.3, -0.25) is 5.43 Å². The van der Waals surface area contributed by atoms with Gasteiger partial charge in [0, 0.05) is 8.04 Å². The third kappa shape index (κ3) is 3.12. The number of benzene rings is 1. The van der Waals surface area contributed by atoms with Crippen molar-refractivity contribution in [2.45, 2.75) is 0 Å². The summed E-state index contributed by atoms with van der Waals surface area (Å²) in [6, 6.07) is 5.77. The molecule has 0 bridgehead atoms. The van der Waals surface area contributed by atoms with Gasteiger partial charge in [0.15, 0.2) is 0 Å². The minimum Gasteiger partial charge on any atom is -0.369 e. The van der Waals surface area contributed by atoms with Crippen LogP contribution < -0.4 is 17.0 Å². The van der Waals surface area contributed by atoms with Gasteiger partial charge in [-0.15, -0.1) is 0 Å². The molecule has 5 N–H and O–H groups in total. The third-order valence-electron chi connectivity index (χ3n) is 1.30. The molecule has 0 saturated heterocycles. The molecule has 1 rings (SSSR count). The molecule has 0 aliphatic rings. The van der Waals surface area contributed by atoms with Crippen LogP contribution >= 0.6 is 38.5 Å². The quantitative estimate of drug-likeness (QED) is 0.235. The van der Waals surface area contributed by atoms with Gasteiger partial charge >= 0.3 is 0 Å². The Bertz CT molecular complexity index is 339. The predicted octanol–water partition coefficient (Wildman–Crippen LogP) is 1.46. The molecule has 0 fully saturated rings. The van der Waals surface area contributed by atoms with Crippen molar-refractivity contribution in [2.24, 2.45) is 16.6 Å². The van der Waals surface area contributed by atoms with E-state index in [1.165, 1.54) is 0 Å². The second kappa shape index (κ2) is 4.77. The second-order valence-electron chi connectivity index (χ2n) is 2.24. The van der Waals surface area contributed by atoms with E-state index < -0.39 is 0 Å². The Morgan fingerprint density at radius 1 is 1.54 bits per heavy atom. The van der Waals surface area contributed by atoms with Gasteiger partial charge in [-0.2, -0.15) is 0 Å². The number of hydrogen-bond donors (Lipinski definition) is 3. The smallest absolute Gasteiger partial charge is 0.208 e. The molecule has 1 aromatic rings. The number of guanidine groups is 1. The van der Waals surface area contributed by atoms with Crippen LogP contribution in [-0.2, 0) is 0 Å². The molecule has 0 heterocycles. The fourth-order valence-electron chi connectivity index (χ4n) is 0.734. The van der Waals surface area contributed by atoms with Gasteiger partial charge in [-0.25, -0.2) is 10.8 Å². The van der Waals surface area contributed by atoms with E-state index in [9.17, 15) is 0 Å². The number of hydrazine groups is 1. The standard InChI is InChI=1S/C7H8BrIN4/c8-5-2-1-4(9)3-6(5)12-7(10)13-11/h1-3H,11H2,(H3,10,12,13). The minimum atomic E-state index is 0.183. The summed E-state index contributed by atoms with van der Waals surface area (Å²) in [4.78, 5) is 4.04. The van der Waals surface area contributed by atoms with Gasteiger partial charge < -0.3 is 5.73 Å². The summed E-state index contributed by atoms with van der Waals surface area (Å²) in [5.74, 6) is 5.27. The monoisotopic (exact) mass is 354 g/mol. The topological polar surface area (TPSA) is 76.4 Å². The highest BCUT2D eigenvalue weighted by Gasteiger charge is 1.99. The van der Waals surface area contributed by atoms with Crippen LogP contribution in [0.15, 0.2) is 27.7 Å². The Balaban J connectivity index is 3.07. The summed E-state index contributed by atoms with van der Waals surface area (Å²) < 4.78 is 1.97. The molecule has 70 valence electrons. The molecule has 0 aliphatic heterocycles. The molecule has 0 radical (unpaired) electrons. The molecule has 0 unspecified atom stereocenters. The van der Waals surface area contributed by atoms with Gasteiger partial charge in [0.05, 0.1) is 5.69 Å². The molecule has 6 heteroatoms. The van der Waals surface area contributed by atoms with Gasteiger partial charge in [0.1, 0.15) is 0 Å². The molecular formula is C7H8BrIN4. The van der Waals surface area contributed by atoms with Crippen LogP contribution in [0.5, 0.6) is 0 Å². The first-order valence-corrected chi connectivity index (χ1v) is 5.26. The maximum atomic E-state index is 5.41. The Kier molecular flexibility index (Phi) is 3.94. The molecule has 0 amide bonds. The SMILES string of the molecule is NNC(N)=Nc1cc(I)ccc1Br. The molecular weight excluding hydrogens is 347 g/mol. The highest BCUT2D eigenvalue weighted by molar-refractivity contribution is 14.1. The number of halogens is 2. The lowest BCUT2D eigenvalue weighted by molar-refractivity contribution is 1.01. The Morgan fingerprint density at radius 2 is 2.23 bits per heavy atom. The fraction of sp³-hybridized carbons (Fsp3) is 0. The van der Waals surface area contributed by atoms with Crippen molar-refractivity contribution in [2.75, 3.05) is 0 Å². The van der Waals surface area contributed by atoms with E-state index in [0.717, 1.165) is 13.7 Å². The maximum absolute atomic E-state index is 5.41. The molecule has 1 aromatic carbocycles. The van der Waals surface area contributed by atoms with Crippen molar-refractivity contribution < 1.29 is 0 Å². The zero-order valence-electron chi connectivity index (χ0n) is 6.59. The lowest BCUT2D eigenvalue weighted by Gasteiger charge is -2.01. The normalized spacial score (nSPS) is 11.5. The molecule has 0 saturated carbocycles. The van der Waals surface area contributed by atoms with Crippen LogP contribution in [0.2, 0.25) is 0 Å². The summed E-state index contributed by atoms with van der Waals surface area (Å²) in [6.07, 6.45) is 0. The van der Waals surface area contributed by atoms with E-state index in [0.29, 0.717) is 0 Å². The van der Waals surface area contributed by atoms with Crippen LogP contribution in [0.4, 0.5) is 5.69 Å². The van der Waals surface area contributed by atoms with Gasteiger partial charge in [0.2, 0.25) is 5.96 Å². The fourth-order valence-corrected chi connectivity index (χ4v) is 1.54. The van der Waals surface area contributed by atoms with Crippen LogP contribution in [0.25, 0.3) is 0 Å². The highest BCUT2D eigenvalue weighted by Crippen LogP contribution is 2.26. The zero-order chi connectivity index (χ0) is 9.84. The molecule has 4 nitrogen and oxygen atoms in total. The second-order valence-corrected chi connectivity index (χ2v) is 4.34. The molecule has 0 aliphatic carbocycles. The molecule has 0 atom stereocenters. The summed E-state index contributed by atoms with van der Waals surface area (Å²) in [6.45, 7) is 0. The van der Waals surface area contributed by atoms with Crippen molar-refractivity contribution >= 4 is 50.2 Å². The number of hydrogen-bond acceptors (Lipinski definition) is 2. The number of aliphatic imine (C=N–C) groups is 1. The minimum absolute atomic E-state index is 0.183. The Morgan fingerprint density at radius 3 is 2.85 bits per heavy atom.